The van der Waals surface area contributed by atoms with E-state index in [1.54, 1.807) is 20.0 Å². The van der Waals surface area contributed by atoms with E-state index in [-0.39, 0.29) is 0 Å². The summed E-state index contributed by atoms with van der Waals surface area (Å²) in [6, 6.07) is 24.5. The van der Waals surface area contributed by atoms with Gasteiger partial charge in [-0.2, -0.15) is 48.2 Å². The van der Waals surface area contributed by atoms with Crippen LogP contribution in [0, 0.1) is 13.0 Å². The van der Waals surface area contributed by atoms with Crippen molar-refractivity contribution >= 4 is 15.6 Å². The van der Waals surface area contributed by atoms with E-state index in [4.69, 9.17) is 0 Å². The standard InChI is InChI=1S/C9H7.C7H7.C5H5.CH2.Ti/c1-2-5-9-7-3-6-8(9)4-1;1-7-5-3-2-4-6-7;1-2-4-5-3-1;;/h1-7H;2-6H,1H2;1-3H,4H2;1H2;/q3*-1;;. The molecular formula is C22H21Ti-3. The molecule has 23 heavy (non-hydrogen) atoms. The molecule has 0 aliphatic heterocycles. The summed E-state index contributed by atoms with van der Waals surface area (Å²) < 4.78 is 0. The van der Waals surface area contributed by atoms with Gasteiger partial charge in [-0.25, -0.2) is 12.2 Å². The van der Waals surface area contributed by atoms with Crippen LogP contribution in [0.25, 0.3) is 10.8 Å². The molecule has 0 radical (unpaired) electrons. The predicted octanol–water partition coefficient (Wildman–Crippen LogP) is 5.70. The Morgan fingerprint density at radius 3 is 2.13 bits per heavy atom. The average Bonchev–Trinajstić information content (AvgIpc) is 3.32. The molecule has 4 rings (SSSR count). The van der Waals surface area contributed by atoms with Crippen molar-refractivity contribution in [1.82, 2.24) is 0 Å². The van der Waals surface area contributed by atoms with Crippen LogP contribution in [0.3, 0.4) is 0 Å². The van der Waals surface area contributed by atoms with Gasteiger partial charge in [0.05, 0.1) is 0 Å². The minimum atomic E-state index is 1.01. The summed E-state index contributed by atoms with van der Waals surface area (Å²) in [5.74, 6) is 0. The number of benzene rings is 2. The van der Waals surface area contributed by atoms with Crippen molar-refractivity contribution in [3.05, 3.63) is 110 Å². The van der Waals surface area contributed by atoms with Crippen LogP contribution in [0.1, 0.15) is 12.0 Å². The summed E-state index contributed by atoms with van der Waals surface area (Å²) in [6.45, 7) is 3.72. The molecule has 0 saturated heterocycles. The van der Waals surface area contributed by atoms with Crippen LogP contribution in [-0.2, 0) is 20.0 Å². The van der Waals surface area contributed by atoms with Crippen molar-refractivity contribution in [2.75, 3.05) is 0 Å². The van der Waals surface area contributed by atoms with E-state index in [1.807, 2.05) is 42.5 Å². The molecule has 0 atom stereocenters. The van der Waals surface area contributed by atoms with E-state index in [2.05, 4.69) is 66.4 Å². The molecule has 1 aliphatic carbocycles. The Hall–Kier alpha value is -2.02. The first kappa shape index (κ1) is 19.0. The normalized spacial score (nSPS) is 10.6. The average molecular weight is 333 g/mol. The van der Waals surface area contributed by atoms with Crippen molar-refractivity contribution in [3.8, 4) is 0 Å². The minimum Gasteiger partial charge on any atom is -0.168 e. The summed E-state index contributed by atoms with van der Waals surface area (Å²) in [4.78, 5) is 3.25. The Labute approximate surface area is 151 Å². The van der Waals surface area contributed by atoms with E-state index in [9.17, 15) is 0 Å². The molecule has 3 aromatic carbocycles. The summed E-state index contributed by atoms with van der Waals surface area (Å²) >= 11 is 1.75. The van der Waals surface area contributed by atoms with Gasteiger partial charge in [0.15, 0.2) is 0 Å². The van der Waals surface area contributed by atoms with Crippen LogP contribution < -0.4 is 0 Å². The number of hydrogen-bond acceptors (Lipinski definition) is 0. The zero-order valence-electron chi connectivity index (χ0n) is 13.3. The van der Waals surface area contributed by atoms with Gasteiger partial charge < -0.3 is 0 Å². The van der Waals surface area contributed by atoms with Gasteiger partial charge in [0.1, 0.15) is 0 Å². The summed E-state index contributed by atoms with van der Waals surface area (Å²) in [5.41, 5.74) is 1.07. The second-order valence-corrected chi connectivity index (χ2v) is 4.64. The molecular weight excluding hydrogens is 312 g/mol. The topological polar surface area (TPSA) is 0 Å². The third-order valence-electron chi connectivity index (χ3n) is 2.98. The molecule has 0 unspecified atom stereocenters. The Bertz CT molecular complexity index is 665. The molecule has 116 valence electrons. The Balaban J connectivity index is 0.000000170. The van der Waals surface area contributed by atoms with Gasteiger partial charge in [0.25, 0.3) is 0 Å². The SMILES string of the molecule is [C-]1=CC=CC1.[CH2-]c1ccccc1.[CH2]=[Ti].c1ccc2[cH-]ccc2c1. The van der Waals surface area contributed by atoms with Crippen molar-refractivity contribution in [2.24, 2.45) is 0 Å². The maximum Gasteiger partial charge on any atom is -0.0809 e. The van der Waals surface area contributed by atoms with Crippen molar-refractivity contribution in [2.45, 2.75) is 6.42 Å². The summed E-state index contributed by atoms with van der Waals surface area (Å²) in [7, 11) is 0. The monoisotopic (exact) mass is 333 g/mol. The van der Waals surface area contributed by atoms with Gasteiger partial charge in [-0.05, 0) is 0 Å². The van der Waals surface area contributed by atoms with Crippen molar-refractivity contribution < 1.29 is 20.0 Å². The second kappa shape index (κ2) is 12.5. The maximum absolute atomic E-state index is 3.72. The van der Waals surface area contributed by atoms with E-state index >= 15 is 0 Å². The van der Waals surface area contributed by atoms with Crippen LogP contribution >= 0.6 is 0 Å². The molecule has 0 fully saturated rings. The number of hydrogen-bond donors (Lipinski definition) is 0. The third kappa shape index (κ3) is 8.25. The summed E-state index contributed by atoms with van der Waals surface area (Å²) in [6.07, 6.45) is 10.0. The molecule has 0 spiro atoms. The first-order valence-corrected chi connectivity index (χ1v) is 8.51. The molecule has 0 bridgehead atoms. The fraction of sp³-hybridized carbons (Fsp3) is 0.0455. The van der Waals surface area contributed by atoms with Crippen LogP contribution in [0.4, 0.5) is 0 Å². The molecule has 0 nitrogen and oxygen atoms in total. The second-order valence-electron chi connectivity index (χ2n) is 4.64. The van der Waals surface area contributed by atoms with Gasteiger partial charge >= 0.3 is 24.8 Å². The zero-order valence-corrected chi connectivity index (χ0v) is 14.8. The molecule has 0 saturated carbocycles. The van der Waals surface area contributed by atoms with Gasteiger partial charge in [-0.15, -0.1) is 48.2 Å². The molecule has 1 heteroatoms. The third-order valence-corrected chi connectivity index (χ3v) is 2.98. The molecule has 0 aromatic heterocycles. The van der Waals surface area contributed by atoms with Crippen molar-refractivity contribution in [1.29, 1.82) is 0 Å². The Kier molecular flexibility index (Phi) is 10.4. The first-order chi connectivity index (χ1) is 11.4. The zero-order chi connectivity index (χ0) is 16.8. The largest absolute Gasteiger partial charge is 0.168 e. The van der Waals surface area contributed by atoms with E-state index in [0.29, 0.717) is 0 Å². The van der Waals surface area contributed by atoms with E-state index in [1.165, 1.54) is 10.8 Å². The van der Waals surface area contributed by atoms with Gasteiger partial charge in [0, 0.05) is 0 Å². The number of rotatable bonds is 0. The Morgan fingerprint density at radius 1 is 0.957 bits per heavy atom. The van der Waals surface area contributed by atoms with Crippen LogP contribution in [0.2, 0.25) is 0 Å². The van der Waals surface area contributed by atoms with E-state index in [0.717, 1.165) is 12.0 Å². The van der Waals surface area contributed by atoms with Crippen LogP contribution in [0.5, 0.6) is 0 Å². The predicted molar refractivity (Wildman–Crippen MR) is 99.1 cm³/mol. The quantitative estimate of drug-likeness (QED) is 0.366. The molecule has 3 aromatic rings. The van der Waals surface area contributed by atoms with Gasteiger partial charge in [-0.3, -0.25) is 6.08 Å². The molecule has 0 N–H and O–H groups in total. The fourth-order valence-corrected chi connectivity index (χ4v) is 1.89. The molecule has 1 aliphatic rings. The van der Waals surface area contributed by atoms with Gasteiger partial charge in [-0.1, -0.05) is 12.1 Å². The smallest absolute Gasteiger partial charge is 0.0809 e. The maximum atomic E-state index is 3.72. The number of fused-ring (bicyclic) bond motifs is 1. The fourth-order valence-electron chi connectivity index (χ4n) is 1.89. The first-order valence-electron chi connectivity index (χ1n) is 7.41. The molecule has 0 heterocycles. The minimum absolute atomic E-state index is 1.01. The van der Waals surface area contributed by atoms with Crippen LogP contribution in [-0.4, -0.2) is 4.82 Å². The van der Waals surface area contributed by atoms with Gasteiger partial charge in [0.2, 0.25) is 0 Å². The van der Waals surface area contributed by atoms with Crippen LogP contribution in [0.15, 0.2) is 91.0 Å². The molecule has 0 amide bonds. The Morgan fingerprint density at radius 2 is 1.65 bits per heavy atom. The van der Waals surface area contributed by atoms with Crippen molar-refractivity contribution in [3.63, 3.8) is 0 Å². The summed E-state index contributed by atoms with van der Waals surface area (Å²) in [5, 5.41) is 2.66. The number of allylic oxidation sites excluding steroid dienone is 4. The van der Waals surface area contributed by atoms with E-state index < -0.39 is 0 Å².